The number of ketones is 1. The normalized spacial score (nSPS) is 10.9. The van der Waals surface area contributed by atoms with Crippen LogP contribution >= 0.6 is 15.9 Å². The van der Waals surface area contributed by atoms with Crippen LogP contribution in [0.4, 0.5) is 0 Å². The Bertz CT molecular complexity index is 919. The third kappa shape index (κ3) is 4.22. The van der Waals surface area contributed by atoms with Crippen LogP contribution in [0.2, 0.25) is 0 Å². The maximum absolute atomic E-state index is 13.1. The fraction of sp³-hybridized carbons (Fsp3) is 0.238. The summed E-state index contributed by atoms with van der Waals surface area (Å²) in [6, 6.07) is 16.9. The molecule has 0 N–H and O–H groups in total. The zero-order chi connectivity index (χ0) is 19.4. The third-order valence-corrected chi connectivity index (χ3v) is 4.87. The number of rotatable bonds is 7. The average molecular weight is 429 g/mol. The topological polar surface area (TPSA) is 53.4 Å². The molecule has 0 fully saturated rings. The van der Waals surface area contributed by atoms with Gasteiger partial charge in [0.25, 0.3) is 0 Å². The van der Waals surface area contributed by atoms with E-state index in [4.69, 9.17) is 9.47 Å². The number of hydrogen-bond donors (Lipinski definition) is 0. The van der Waals surface area contributed by atoms with Gasteiger partial charge in [0, 0.05) is 11.6 Å². The van der Waals surface area contributed by atoms with E-state index in [1.165, 1.54) is 0 Å². The van der Waals surface area contributed by atoms with Gasteiger partial charge in [0.15, 0.2) is 0 Å². The Hall–Kier alpha value is -2.60. The number of hydrogen-bond acceptors (Lipinski definition) is 4. The summed E-state index contributed by atoms with van der Waals surface area (Å²) in [5.74, 6) is 0.865. The Labute approximate surface area is 167 Å². The van der Waals surface area contributed by atoms with Crippen LogP contribution in [0.1, 0.15) is 41.4 Å². The SMILES string of the molecule is COc1ccc(C(=O)c2c(OCc3ccccc3)nn(C(C)C)c2Br)cc1. The molecule has 0 amide bonds. The van der Waals surface area contributed by atoms with E-state index in [1.54, 1.807) is 36.1 Å². The summed E-state index contributed by atoms with van der Waals surface area (Å²) in [5, 5.41) is 4.51. The second kappa shape index (κ2) is 8.39. The molecule has 1 heterocycles. The van der Waals surface area contributed by atoms with Gasteiger partial charge in [-0.05, 0) is 59.6 Å². The molecule has 1 aromatic heterocycles. The van der Waals surface area contributed by atoms with E-state index in [2.05, 4.69) is 21.0 Å². The highest BCUT2D eigenvalue weighted by molar-refractivity contribution is 9.10. The van der Waals surface area contributed by atoms with Crippen molar-refractivity contribution in [3.63, 3.8) is 0 Å². The van der Waals surface area contributed by atoms with Crippen LogP contribution in [-0.2, 0) is 6.61 Å². The van der Waals surface area contributed by atoms with Gasteiger partial charge in [0.2, 0.25) is 11.7 Å². The first kappa shape index (κ1) is 19.2. The third-order valence-electron chi connectivity index (χ3n) is 4.11. The van der Waals surface area contributed by atoms with Gasteiger partial charge in [0.1, 0.15) is 22.5 Å². The van der Waals surface area contributed by atoms with Crippen molar-refractivity contribution in [1.82, 2.24) is 9.78 Å². The van der Waals surface area contributed by atoms with Crippen LogP contribution in [0, 0.1) is 0 Å². The van der Waals surface area contributed by atoms with Gasteiger partial charge >= 0.3 is 0 Å². The highest BCUT2D eigenvalue weighted by Crippen LogP contribution is 2.32. The Balaban J connectivity index is 1.95. The second-order valence-corrected chi connectivity index (χ2v) is 7.09. The Kier molecular flexibility index (Phi) is 5.96. The quantitative estimate of drug-likeness (QED) is 0.494. The zero-order valence-electron chi connectivity index (χ0n) is 15.5. The largest absolute Gasteiger partial charge is 0.497 e. The molecular weight excluding hydrogens is 408 g/mol. The van der Waals surface area contributed by atoms with E-state index in [1.807, 2.05) is 44.2 Å². The molecule has 27 heavy (non-hydrogen) atoms. The van der Waals surface area contributed by atoms with Gasteiger partial charge in [0.05, 0.1) is 7.11 Å². The van der Waals surface area contributed by atoms with Gasteiger partial charge < -0.3 is 9.47 Å². The molecule has 0 radical (unpaired) electrons. The Morgan fingerprint density at radius 3 is 2.37 bits per heavy atom. The maximum Gasteiger partial charge on any atom is 0.245 e. The first-order valence-electron chi connectivity index (χ1n) is 8.64. The molecule has 0 aliphatic carbocycles. The molecule has 5 nitrogen and oxygen atoms in total. The molecular formula is C21H21BrN2O3. The van der Waals surface area contributed by atoms with Gasteiger partial charge in [-0.25, -0.2) is 0 Å². The van der Waals surface area contributed by atoms with Crippen molar-refractivity contribution in [3.05, 3.63) is 75.9 Å². The molecule has 140 valence electrons. The van der Waals surface area contributed by atoms with Crippen molar-refractivity contribution in [2.45, 2.75) is 26.5 Å². The molecule has 0 saturated carbocycles. The summed E-state index contributed by atoms with van der Waals surface area (Å²) in [6.45, 7) is 4.34. The lowest BCUT2D eigenvalue weighted by atomic mass is 10.1. The van der Waals surface area contributed by atoms with Gasteiger partial charge in [-0.15, -0.1) is 5.10 Å². The van der Waals surface area contributed by atoms with Gasteiger partial charge in [-0.2, -0.15) is 0 Å². The smallest absolute Gasteiger partial charge is 0.245 e. The number of ether oxygens (including phenoxy) is 2. The molecule has 0 aliphatic heterocycles. The molecule has 0 spiro atoms. The van der Waals surface area contributed by atoms with Crippen LogP contribution < -0.4 is 9.47 Å². The zero-order valence-corrected chi connectivity index (χ0v) is 17.1. The minimum Gasteiger partial charge on any atom is -0.497 e. The maximum atomic E-state index is 13.1. The van der Waals surface area contributed by atoms with Crippen LogP contribution in [0.15, 0.2) is 59.2 Å². The molecule has 0 saturated heterocycles. The number of carbonyl (C=O) groups excluding carboxylic acids is 1. The molecule has 6 heteroatoms. The molecule has 2 aromatic carbocycles. The summed E-state index contributed by atoms with van der Waals surface area (Å²) in [6.07, 6.45) is 0. The van der Waals surface area contributed by atoms with Gasteiger partial charge in [-0.3, -0.25) is 9.48 Å². The fourth-order valence-electron chi connectivity index (χ4n) is 2.64. The highest BCUT2D eigenvalue weighted by Gasteiger charge is 2.26. The van der Waals surface area contributed by atoms with E-state index in [0.717, 1.165) is 5.56 Å². The lowest BCUT2D eigenvalue weighted by molar-refractivity contribution is 0.103. The first-order chi connectivity index (χ1) is 13.0. The molecule has 3 rings (SSSR count). The van der Waals surface area contributed by atoms with Crippen LogP contribution in [-0.4, -0.2) is 22.7 Å². The number of benzene rings is 2. The highest BCUT2D eigenvalue weighted by atomic mass is 79.9. The van der Waals surface area contributed by atoms with E-state index in [-0.39, 0.29) is 11.8 Å². The summed E-state index contributed by atoms with van der Waals surface area (Å²) in [5.41, 5.74) is 1.98. The van der Waals surface area contributed by atoms with E-state index < -0.39 is 0 Å². The van der Waals surface area contributed by atoms with Crippen molar-refractivity contribution in [2.75, 3.05) is 7.11 Å². The summed E-state index contributed by atoms with van der Waals surface area (Å²) < 4.78 is 13.4. The Morgan fingerprint density at radius 1 is 1.11 bits per heavy atom. The minimum absolute atomic E-state index is 0.0795. The second-order valence-electron chi connectivity index (χ2n) is 6.34. The predicted octanol–water partition coefficient (Wildman–Crippen LogP) is 5.05. The number of aromatic nitrogens is 2. The summed E-state index contributed by atoms with van der Waals surface area (Å²) in [7, 11) is 1.59. The number of carbonyl (C=O) groups is 1. The fourth-order valence-corrected chi connectivity index (χ4v) is 3.48. The van der Waals surface area contributed by atoms with E-state index >= 15 is 0 Å². The van der Waals surface area contributed by atoms with Crippen LogP contribution in [0.5, 0.6) is 11.6 Å². The summed E-state index contributed by atoms with van der Waals surface area (Å²) >= 11 is 3.53. The lowest BCUT2D eigenvalue weighted by Crippen LogP contribution is -2.06. The number of nitrogens with zero attached hydrogens (tertiary/aromatic N) is 2. The molecule has 0 bridgehead atoms. The summed E-state index contributed by atoms with van der Waals surface area (Å²) in [4.78, 5) is 13.1. The lowest BCUT2D eigenvalue weighted by Gasteiger charge is -2.07. The van der Waals surface area contributed by atoms with Crippen molar-refractivity contribution in [1.29, 1.82) is 0 Å². The van der Waals surface area contributed by atoms with Crippen molar-refractivity contribution in [2.24, 2.45) is 0 Å². The molecule has 0 atom stereocenters. The van der Waals surface area contributed by atoms with Crippen LogP contribution in [0.3, 0.4) is 0 Å². The predicted molar refractivity (Wildman–Crippen MR) is 108 cm³/mol. The molecule has 0 unspecified atom stereocenters. The monoisotopic (exact) mass is 428 g/mol. The first-order valence-corrected chi connectivity index (χ1v) is 9.44. The Morgan fingerprint density at radius 2 is 1.78 bits per heavy atom. The average Bonchev–Trinajstić information content (AvgIpc) is 3.03. The van der Waals surface area contributed by atoms with Crippen LogP contribution in [0.25, 0.3) is 0 Å². The van der Waals surface area contributed by atoms with E-state index in [0.29, 0.717) is 34.0 Å². The standard InChI is InChI=1S/C21H21BrN2O3/c1-14(2)24-20(22)18(19(25)16-9-11-17(26-3)12-10-16)21(23-24)27-13-15-7-5-4-6-8-15/h4-12,14H,13H2,1-3H3. The number of methoxy groups -OCH3 is 1. The number of halogens is 1. The van der Waals surface area contributed by atoms with Gasteiger partial charge in [-0.1, -0.05) is 30.3 Å². The minimum atomic E-state index is -0.153. The van der Waals surface area contributed by atoms with Crippen molar-refractivity contribution >= 4 is 21.7 Å². The molecule has 3 aromatic rings. The van der Waals surface area contributed by atoms with E-state index in [9.17, 15) is 4.79 Å². The molecule has 0 aliphatic rings. The van der Waals surface area contributed by atoms with Crippen molar-refractivity contribution in [3.8, 4) is 11.6 Å². The van der Waals surface area contributed by atoms with Crippen molar-refractivity contribution < 1.29 is 14.3 Å².